The highest BCUT2D eigenvalue weighted by atomic mass is 127. The molecule has 1 heterocycles. The van der Waals surface area contributed by atoms with Gasteiger partial charge in [-0.2, -0.15) is 0 Å². The summed E-state index contributed by atoms with van der Waals surface area (Å²) in [6.45, 7) is 4.79. The van der Waals surface area contributed by atoms with Crippen molar-refractivity contribution in [1.29, 1.82) is 0 Å². The quantitative estimate of drug-likeness (QED) is 0.336. The summed E-state index contributed by atoms with van der Waals surface area (Å²) in [5.41, 5.74) is 3.33. The number of guanidine groups is 1. The molecule has 158 valence electrons. The van der Waals surface area contributed by atoms with Crippen LogP contribution in [0.25, 0.3) is 0 Å². The standard InChI is InChI=1S/C22H28FN3O2.HI/c1-16-3-6-18(21(13-16)28-20-10-12-27-15-20)14-26-22(24-2)25-11-9-17-4-7-19(23)8-5-17;/h3-8,13,20H,9-12,14-15H2,1-2H3,(H2,24,25,26);1H. The van der Waals surface area contributed by atoms with E-state index in [0.29, 0.717) is 19.7 Å². The highest BCUT2D eigenvalue weighted by Crippen LogP contribution is 2.23. The van der Waals surface area contributed by atoms with Crippen LogP contribution >= 0.6 is 24.0 Å². The summed E-state index contributed by atoms with van der Waals surface area (Å²) in [4.78, 5) is 4.27. The van der Waals surface area contributed by atoms with Gasteiger partial charge in [-0.05, 0) is 42.7 Å². The Hall–Kier alpha value is -1.87. The van der Waals surface area contributed by atoms with Crippen LogP contribution in [-0.2, 0) is 17.7 Å². The van der Waals surface area contributed by atoms with Gasteiger partial charge in [-0.1, -0.05) is 24.3 Å². The first-order chi connectivity index (χ1) is 13.6. The number of rotatable bonds is 7. The Bertz CT molecular complexity index is 793. The lowest BCUT2D eigenvalue weighted by atomic mass is 10.1. The molecule has 1 saturated heterocycles. The van der Waals surface area contributed by atoms with Crippen LogP contribution < -0.4 is 15.4 Å². The van der Waals surface area contributed by atoms with E-state index in [-0.39, 0.29) is 35.9 Å². The molecule has 29 heavy (non-hydrogen) atoms. The lowest BCUT2D eigenvalue weighted by Gasteiger charge is -2.18. The predicted molar refractivity (Wildman–Crippen MR) is 125 cm³/mol. The minimum Gasteiger partial charge on any atom is -0.488 e. The van der Waals surface area contributed by atoms with Gasteiger partial charge >= 0.3 is 0 Å². The van der Waals surface area contributed by atoms with Crippen molar-refractivity contribution in [3.63, 3.8) is 0 Å². The van der Waals surface area contributed by atoms with E-state index in [0.717, 1.165) is 42.3 Å². The molecule has 1 atom stereocenters. The Morgan fingerprint density at radius 3 is 2.69 bits per heavy atom. The molecule has 0 radical (unpaired) electrons. The molecule has 0 amide bonds. The molecule has 2 aromatic carbocycles. The summed E-state index contributed by atoms with van der Waals surface area (Å²) >= 11 is 0. The number of aliphatic imine (C=N–C) groups is 1. The van der Waals surface area contributed by atoms with Crippen LogP contribution in [-0.4, -0.2) is 38.9 Å². The molecule has 1 fully saturated rings. The summed E-state index contributed by atoms with van der Waals surface area (Å²) in [5.74, 6) is 1.40. The van der Waals surface area contributed by atoms with Crippen molar-refractivity contribution in [2.24, 2.45) is 4.99 Å². The van der Waals surface area contributed by atoms with Crippen LogP contribution in [0.1, 0.15) is 23.1 Å². The van der Waals surface area contributed by atoms with E-state index in [2.05, 4.69) is 40.7 Å². The summed E-state index contributed by atoms with van der Waals surface area (Å²) < 4.78 is 24.5. The summed E-state index contributed by atoms with van der Waals surface area (Å²) in [6.07, 6.45) is 1.84. The normalized spacial score (nSPS) is 16.2. The van der Waals surface area contributed by atoms with E-state index in [1.165, 1.54) is 17.7 Å². The Kier molecular flexibility index (Phi) is 9.66. The smallest absolute Gasteiger partial charge is 0.191 e. The largest absolute Gasteiger partial charge is 0.488 e. The number of aryl methyl sites for hydroxylation is 1. The predicted octanol–water partition coefficient (Wildman–Crippen LogP) is 3.83. The zero-order chi connectivity index (χ0) is 19.8. The van der Waals surface area contributed by atoms with Crippen molar-refractivity contribution in [3.8, 4) is 5.75 Å². The second-order valence-corrected chi connectivity index (χ2v) is 6.94. The highest BCUT2D eigenvalue weighted by Gasteiger charge is 2.18. The zero-order valence-corrected chi connectivity index (χ0v) is 19.2. The Balaban J connectivity index is 0.00000300. The van der Waals surface area contributed by atoms with Gasteiger partial charge in [0, 0.05) is 32.1 Å². The SMILES string of the molecule is CN=C(NCCc1ccc(F)cc1)NCc1ccc(C)cc1OC1CCOC1.I. The Labute approximate surface area is 189 Å². The fraction of sp³-hybridized carbons (Fsp3) is 0.409. The van der Waals surface area contributed by atoms with Crippen LogP contribution in [0, 0.1) is 12.7 Å². The van der Waals surface area contributed by atoms with Crippen molar-refractivity contribution in [2.45, 2.75) is 32.4 Å². The van der Waals surface area contributed by atoms with Crippen LogP contribution in [0.4, 0.5) is 4.39 Å². The minimum atomic E-state index is -0.213. The third-order valence-electron chi connectivity index (χ3n) is 4.69. The van der Waals surface area contributed by atoms with Gasteiger partial charge in [-0.15, -0.1) is 24.0 Å². The van der Waals surface area contributed by atoms with Gasteiger partial charge in [0.1, 0.15) is 17.7 Å². The molecule has 2 N–H and O–H groups in total. The first-order valence-corrected chi connectivity index (χ1v) is 9.67. The van der Waals surface area contributed by atoms with Gasteiger partial charge in [0.25, 0.3) is 0 Å². The molecule has 7 heteroatoms. The maximum atomic E-state index is 13.0. The summed E-state index contributed by atoms with van der Waals surface area (Å²) in [5, 5.41) is 6.62. The van der Waals surface area contributed by atoms with Gasteiger partial charge in [0.15, 0.2) is 5.96 Å². The van der Waals surface area contributed by atoms with E-state index in [9.17, 15) is 4.39 Å². The number of hydrogen-bond acceptors (Lipinski definition) is 3. The molecule has 2 aromatic rings. The average molecular weight is 513 g/mol. The van der Waals surface area contributed by atoms with Crippen molar-refractivity contribution in [2.75, 3.05) is 26.8 Å². The Morgan fingerprint density at radius 2 is 2.00 bits per heavy atom. The fourth-order valence-electron chi connectivity index (χ4n) is 3.08. The molecular weight excluding hydrogens is 484 g/mol. The van der Waals surface area contributed by atoms with E-state index in [4.69, 9.17) is 9.47 Å². The van der Waals surface area contributed by atoms with Gasteiger partial charge in [0.05, 0.1) is 13.2 Å². The molecule has 0 spiro atoms. The number of benzene rings is 2. The second kappa shape index (κ2) is 12.0. The maximum absolute atomic E-state index is 13.0. The first kappa shape index (κ1) is 23.4. The lowest BCUT2D eigenvalue weighted by Crippen LogP contribution is -2.38. The van der Waals surface area contributed by atoms with E-state index < -0.39 is 0 Å². The number of nitrogens with zero attached hydrogens (tertiary/aromatic N) is 1. The highest BCUT2D eigenvalue weighted by molar-refractivity contribution is 14.0. The van der Waals surface area contributed by atoms with Crippen LogP contribution in [0.3, 0.4) is 0 Å². The number of hydrogen-bond donors (Lipinski definition) is 2. The average Bonchev–Trinajstić information content (AvgIpc) is 3.20. The van der Waals surface area contributed by atoms with Gasteiger partial charge in [0.2, 0.25) is 0 Å². The van der Waals surface area contributed by atoms with Gasteiger partial charge in [-0.3, -0.25) is 4.99 Å². The van der Waals surface area contributed by atoms with Gasteiger partial charge < -0.3 is 20.1 Å². The molecule has 0 saturated carbocycles. The fourth-order valence-corrected chi connectivity index (χ4v) is 3.08. The number of halogens is 2. The molecule has 5 nitrogen and oxygen atoms in total. The van der Waals surface area contributed by atoms with E-state index >= 15 is 0 Å². The third-order valence-corrected chi connectivity index (χ3v) is 4.69. The third kappa shape index (κ3) is 7.47. The summed E-state index contributed by atoms with van der Waals surface area (Å²) in [7, 11) is 1.75. The van der Waals surface area contributed by atoms with Crippen molar-refractivity contribution < 1.29 is 13.9 Å². The molecule has 3 rings (SSSR count). The molecule has 0 bridgehead atoms. The Morgan fingerprint density at radius 1 is 1.21 bits per heavy atom. The van der Waals surface area contributed by atoms with Crippen molar-refractivity contribution in [1.82, 2.24) is 10.6 Å². The monoisotopic (exact) mass is 513 g/mol. The molecule has 0 aliphatic carbocycles. The number of ether oxygens (including phenoxy) is 2. The lowest BCUT2D eigenvalue weighted by molar-refractivity contribution is 0.140. The van der Waals surface area contributed by atoms with Crippen molar-refractivity contribution in [3.05, 3.63) is 65.0 Å². The maximum Gasteiger partial charge on any atom is 0.191 e. The number of nitrogens with one attached hydrogen (secondary N) is 2. The molecule has 1 aliphatic heterocycles. The molecular formula is C22H29FIN3O2. The van der Waals surface area contributed by atoms with Crippen molar-refractivity contribution >= 4 is 29.9 Å². The molecule has 1 unspecified atom stereocenters. The van der Waals surface area contributed by atoms with E-state index in [1.807, 2.05) is 0 Å². The first-order valence-electron chi connectivity index (χ1n) is 9.67. The molecule has 1 aliphatic rings. The minimum absolute atomic E-state index is 0. The zero-order valence-electron chi connectivity index (χ0n) is 16.9. The van der Waals surface area contributed by atoms with Crippen LogP contribution in [0.5, 0.6) is 5.75 Å². The van der Waals surface area contributed by atoms with Gasteiger partial charge in [-0.25, -0.2) is 4.39 Å². The topological polar surface area (TPSA) is 54.9 Å². The van der Waals surface area contributed by atoms with Crippen LogP contribution in [0.15, 0.2) is 47.5 Å². The van der Waals surface area contributed by atoms with Crippen LogP contribution in [0.2, 0.25) is 0 Å². The van der Waals surface area contributed by atoms with E-state index in [1.54, 1.807) is 19.2 Å². The second-order valence-electron chi connectivity index (χ2n) is 6.94. The molecule has 0 aromatic heterocycles. The summed E-state index contributed by atoms with van der Waals surface area (Å²) in [6, 6.07) is 12.8.